The van der Waals surface area contributed by atoms with E-state index in [2.05, 4.69) is 91.0 Å². The van der Waals surface area contributed by atoms with Crippen LogP contribution in [0.25, 0.3) is 0 Å². The Balaban J connectivity index is 0.00000192. The number of hydrogen-bond donors (Lipinski definition) is 0. The summed E-state index contributed by atoms with van der Waals surface area (Å²) in [5.41, 5.74) is 4.55. The summed E-state index contributed by atoms with van der Waals surface area (Å²) in [6.45, 7) is 0. The molecule has 3 aromatic rings. The van der Waals surface area contributed by atoms with Crippen molar-refractivity contribution in [2.24, 2.45) is 0 Å². The second-order valence-electron chi connectivity index (χ2n) is 5.74. The summed E-state index contributed by atoms with van der Waals surface area (Å²) in [4.78, 5) is 0. The van der Waals surface area contributed by atoms with E-state index in [1.54, 1.807) is 0 Å². The number of rotatable bonds is 6. The second-order valence-corrected chi connectivity index (χ2v) is 13.0. The van der Waals surface area contributed by atoms with Gasteiger partial charge < -0.3 is 0 Å². The maximum absolute atomic E-state index is 2.29. The van der Waals surface area contributed by atoms with E-state index in [1.807, 2.05) is 0 Å². The Morgan fingerprint density at radius 2 is 0.696 bits per heavy atom. The van der Waals surface area contributed by atoms with Gasteiger partial charge in [-0.25, -0.2) is 0 Å². The van der Waals surface area contributed by atoms with Gasteiger partial charge in [0, 0.05) is 0 Å². The molecule has 0 aliphatic carbocycles. The molecule has 0 unspecified atom stereocenters. The molecular formula is C21H22BrSn. The molecule has 1 radical (unpaired) electrons. The molecule has 0 aliphatic rings. The van der Waals surface area contributed by atoms with Gasteiger partial charge in [-0.05, 0) is 0 Å². The summed E-state index contributed by atoms with van der Waals surface area (Å²) in [7, 11) is 0. The molecule has 0 saturated heterocycles. The first kappa shape index (κ1) is 18.3. The number of halogens is 1. The van der Waals surface area contributed by atoms with Crippen molar-refractivity contribution < 1.29 is 0 Å². The van der Waals surface area contributed by atoms with Crippen molar-refractivity contribution in [3.8, 4) is 0 Å². The van der Waals surface area contributed by atoms with Crippen molar-refractivity contribution in [3.05, 3.63) is 108 Å². The van der Waals surface area contributed by atoms with Crippen molar-refractivity contribution in [3.63, 3.8) is 0 Å². The summed E-state index contributed by atoms with van der Waals surface area (Å²) < 4.78 is 3.98. The van der Waals surface area contributed by atoms with Crippen LogP contribution in [0.3, 0.4) is 0 Å². The van der Waals surface area contributed by atoms with Crippen molar-refractivity contribution in [1.82, 2.24) is 0 Å². The van der Waals surface area contributed by atoms with E-state index < -0.39 is 19.8 Å². The number of hydrogen-bond acceptors (Lipinski definition) is 0. The molecule has 3 aromatic carbocycles. The van der Waals surface area contributed by atoms with Gasteiger partial charge in [-0.2, -0.15) is 0 Å². The van der Waals surface area contributed by atoms with E-state index >= 15 is 0 Å². The molecule has 0 amide bonds. The fourth-order valence-corrected chi connectivity index (χ4v) is 10.9. The molecule has 0 N–H and O–H groups in total. The van der Waals surface area contributed by atoms with Crippen LogP contribution >= 0.6 is 17.0 Å². The molecule has 0 spiro atoms. The Hall–Kier alpha value is -1.06. The first-order valence-corrected chi connectivity index (χ1v) is 13.9. The van der Waals surface area contributed by atoms with Gasteiger partial charge in [0.2, 0.25) is 0 Å². The van der Waals surface area contributed by atoms with Crippen molar-refractivity contribution in [2.75, 3.05) is 0 Å². The normalized spacial score (nSPS) is 10.3. The molecular weight excluding hydrogens is 451 g/mol. The molecule has 2 heteroatoms. The van der Waals surface area contributed by atoms with Gasteiger partial charge in [0.1, 0.15) is 0 Å². The van der Waals surface area contributed by atoms with Crippen LogP contribution in [0.15, 0.2) is 91.0 Å². The molecule has 0 aliphatic heterocycles. The average molecular weight is 473 g/mol. The zero-order valence-corrected chi connectivity index (χ0v) is 17.8. The summed E-state index contributed by atoms with van der Waals surface area (Å²) in [5, 5.41) is 0. The first-order chi connectivity index (χ1) is 10.9. The monoisotopic (exact) mass is 473 g/mol. The van der Waals surface area contributed by atoms with Crippen LogP contribution in [-0.2, 0) is 13.3 Å². The molecule has 0 heterocycles. The second kappa shape index (κ2) is 9.94. The molecule has 23 heavy (non-hydrogen) atoms. The molecule has 3 rings (SSSR count). The van der Waals surface area contributed by atoms with Gasteiger partial charge in [-0.3, -0.25) is 0 Å². The fraction of sp³-hybridized carbons (Fsp3) is 0.143. The molecule has 0 fully saturated rings. The summed E-state index contributed by atoms with van der Waals surface area (Å²) in [6, 6.07) is 33.1. The van der Waals surface area contributed by atoms with E-state index in [9.17, 15) is 0 Å². The van der Waals surface area contributed by atoms with Crippen LogP contribution in [0.1, 0.15) is 16.7 Å². The first-order valence-electron chi connectivity index (χ1n) is 7.85. The van der Waals surface area contributed by atoms with Crippen molar-refractivity contribution in [1.29, 1.82) is 0 Å². The van der Waals surface area contributed by atoms with Gasteiger partial charge in [0.15, 0.2) is 0 Å². The van der Waals surface area contributed by atoms with Crippen LogP contribution in [0, 0.1) is 0 Å². The Bertz CT molecular complexity index is 569. The molecule has 0 saturated carbocycles. The van der Waals surface area contributed by atoms with Crippen LogP contribution in [-0.4, -0.2) is 19.8 Å². The van der Waals surface area contributed by atoms with E-state index in [4.69, 9.17) is 0 Å². The zero-order chi connectivity index (χ0) is 15.0. The minimum absolute atomic E-state index is 0. The third-order valence-electron chi connectivity index (χ3n) is 3.89. The average Bonchev–Trinajstić information content (AvgIpc) is 2.57. The standard InChI is InChI=1S/3C7H7.BrH.Sn/c3*1-7-5-3-2-4-6-7;;/h3*2-6H,1H2;1H;. The summed E-state index contributed by atoms with van der Waals surface area (Å²) >= 11 is -1.56. The van der Waals surface area contributed by atoms with Gasteiger partial charge in [0.25, 0.3) is 0 Å². The fourth-order valence-electron chi connectivity index (χ4n) is 2.84. The maximum atomic E-state index is 2.29. The predicted molar refractivity (Wildman–Crippen MR) is 107 cm³/mol. The SMILES string of the molecule is Br.c1ccc([CH2][Sn]([CH2]c2ccccc2)[CH2]c2ccccc2)cc1. The van der Waals surface area contributed by atoms with Gasteiger partial charge in [-0.1, -0.05) is 0 Å². The van der Waals surface area contributed by atoms with E-state index in [0.29, 0.717) is 0 Å². The molecule has 0 aromatic heterocycles. The Morgan fingerprint density at radius 1 is 0.435 bits per heavy atom. The third kappa shape index (κ3) is 6.15. The summed E-state index contributed by atoms with van der Waals surface area (Å²) in [6.07, 6.45) is 0. The Kier molecular flexibility index (Phi) is 7.90. The quantitative estimate of drug-likeness (QED) is 0.421. The third-order valence-corrected chi connectivity index (χ3v) is 11.7. The van der Waals surface area contributed by atoms with Crippen LogP contribution < -0.4 is 0 Å². The Labute approximate surface area is 157 Å². The zero-order valence-electron chi connectivity index (χ0n) is 13.2. The predicted octanol–water partition coefficient (Wildman–Crippen LogP) is 5.40. The van der Waals surface area contributed by atoms with E-state index in [1.165, 1.54) is 30.0 Å². The number of benzene rings is 3. The van der Waals surface area contributed by atoms with Crippen LogP contribution in [0.4, 0.5) is 0 Å². The van der Waals surface area contributed by atoms with E-state index in [0.717, 1.165) is 0 Å². The Morgan fingerprint density at radius 3 is 0.957 bits per heavy atom. The van der Waals surface area contributed by atoms with Crippen LogP contribution in [0.2, 0.25) is 0 Å². The minimum atomic E-state index is -1.56. The van der Waals surface area contributed by atoms with Gasteiger partial charge >= 0.3 is 141 Å². The van der Waals surface area contributed by atoms with Gasteiger partial charge in [-0.15, -0.1) is 17.0 Å². The summed E-state index contributed by atoms with van der Waals surface area (Å²) in [5.74, 6) is 0. The molecule has 0 bridgehead atoms. The van der Waals surface area contributed by atoms with Crippen LogP contribution in [0.5, 0.6) is 0 Å². The topological polar surface area (TPSA) is 0 Å². The van der Waals surface area contributed by atoms with Gasteiger partial charge in [0.05, 0.1) is 0 Å². The molecule has 117 valence electrons. The molecule has 0 nitrogen and oxygen atoms in total. The van der Waals surface area contributed by atoms with Crippen molar-refractivity contribution in [2.45, 2.75) is 13.3 Å². The van der Waals surface area contributed by atoms with E-state index in [-0.39, 0.29) is 17.0 Å². The van der Waals surface area contributed by atoms with Crippen molar-refractivity contribution >= 4 is 36.7 Å². The molecule has 0 atom stereocenters.